The van der Waals surface area contributed by atoms with Crippen LogP contribution >= 0.6 is 0 Å². The molecular weight excluding hydrogens is 364 g/mol. The molecule has 0 aromatic heterocycles. The lowest BCUT2D eigenvalue weighted by molar-refractivity contribution is -0.122. The topological polar surface area (TPSA) is 58.6 Å². The molecule has 5 nitrogen and oxygen atoms in total. The second-order valence-electron chi connectivity index (χ2n) is 8.10. The van der Waals surface area contributed by atoms with Gasteiger partial charge in [-0.05, 0) is 68.0 Å². The highest BCUT2D eigenvalue weighted by atomic mass is 16.5. The molecule has 0 unspecified atom stereocenters. The Hall–Kier alpha value is -2.82. The first-order valence-corrected chi connectivity index (χ1v) is 10.3. The van der Waals surface area contributed by atoms with E-state index in [-0.39, 0.29) is 11.8 Å². The Balaban J connectivity index is 1.74. The minimum atomic E-state index is -0.646. The fraction of sp³-hybridized carbons (Fsp3) is 0.417. The molecular formula is C24H30N2O3. The smallest absolute Gasteiger partial charge is 0.265 e. The number of anilines is 2. The second-order valence-corrected chi connectivity index (χ2v) is 8.10. The lowest BCUT2D eigenvalue weighted by Crippen LogP contribution is -2.31. The molecule has 1 aliphatic heterocycles. The molecule has 5 heteroatoms. The van der Waals surface area contributed by atoms with E-state index in [0.717, 1.165) is 41.1 Å². The lowest BCUT2D eigenvalue weighted by atomic mass is 10.0. The van der Waals surface area contributed by atoms with Crippen molar-refractivity contribution in [2.75, 3.05) is 16.8 Å². The molecule has 1 fully saturated rings. The number of hydrogen-bond donors (Lipinski definition) is 1. The summed E-state index contributed by atoms with van der Waals surface area (Å²) in [6, 6.07) is 11.7. The van der Waals surface area contributed by atoms with E-state index in [9.17, 15) is 9.59 Å². The normalized spacial score (nSPS) is 15.0. The molecule has 1 N–H and O–H groups in total. The first-order valence-electron chi connectivity index (χ1n) is 10.3. The van der Waals surface area contributed by atoms with Gasteiger partial charge in [-0.3, -0.25) is 9.59 Å². The number of amides is 2. The molecule has 1 atom stereocenters. The Labute approximate surface area is 173 Å². The number of hydrogen-bond acceptors (Lipinski definition) is 3. The van der Waals surface area contributed by atoms with Crippen molar-refractivity contribution in [3.63, 3.8) is 0 Å². The molecule has 1 aliphatic rings. The molecule has 0 bridgehead atoms. The van der Waals surface area contributed by atoms with Gasteiger partial charge in [0.25, 0.3) is 5.91 Å². The van der Waals surface area contributed by atoms with Gasteiger partial charge in [-0.2, -0.15) is 0 Å². The van der Waals surface area contributed by atoms with Crippen molar-refractivity contribution in [3.05, 3.63) is 53.1 Å². The molecule has 1 saturated heterocycles. The van der Waals surface area contributed by atoms with Crippen LogP contribution in [0.4, 0.5) is 11.4 Å². The summed E-state index contributed by atoms with van der Waals surface area (Å²) in [4.78, 5) is 26.7. The Morgan fingerprint density at radius 3 is 2.52 bits per heavy atom. The third-order valence-electron chi connectivity index (χ3n) is 5.30. The maximum atomic E-state index is 12.7. The summed E-state index contributed by atoms with van der Waals surface area (Å²) in [7, 11) is 0. The van der Waals surface area contributed by atoms with Crippen molar-refractivity contribution in [1.82, 2.24) is 0 Å². The number of benzene rings is 2. The van der Waals surface area contributed by atoms with Crippen molar-refractivity contribution < 1.29 is 14.3 Å². The van der Waals surface area contributed by atoms with E-state index < -0.39 is 6.10 Å². The van der Waals surface area contributed by atoms with Gasteiger partial charge in [-0.15, -0.1) is 0 Å². The SMILES string of the molecule is Cc1ccc(C(C)C)c(O[C@@H](C)C(=O)Nc2ccc(C)c(N3CCCC3=O)c2)c1. The Bertz CT molecular complexity index is 920. The highest BCUT2D eigenvalue weighted by Gasteiger charge is 2.24. The van der Waals surface area contributed by atoms with E-state index in [4.69, 9.17) is 4.74 Å². The van der Waals surface area contributed by atoms with Gasteiger partial charge in [0.1, 0.15) is 5.75 Å². The number of rotatable bonds is 6. The molecule has 0 radical (unpaired) electrons. The largest absolute Gasteiger partial charge is 0.481 e. The quantitative estimate of drug-likeness (QED) is 0.753. The summed E-state index contributed by atoms with van der Waals surface area (Å²) < 4.78 is 6.02. The van der Waals surface area contributed by atoms with Crippen molar-refractivity contribution in [2.24, 2.45) is 0 Å². The van der Waals surface area contributed by atoms with Crippen LogP contribution in [0.2, 0.25) is 0 Å². The highest BCUT2D eigenvalue weighted by molar-refractivity contribution is 5.98. The van der Waals surface area contributed by atoms with Gasteiger partial charge >= 0.3 is 0 Å². The monoisotopic (exact) mass is 394 g/mol. The highest BCUT2D eigenvalue weighted by Crippen LogP contribution is 2.30. The number of carbonyl (C=O) groups excluding carboxylic acids is 2. The zero-order chi connectivity index (χ0) is 21.1. The predicted molar refractivity (Wildman–Crippen MR) is 117 cm³/mol. The number of nitrogens with zero attached hydrogens (tertiary/aromatic N) is 1. The van der Waals surface area contributed by atoms with Crippen molar-refractivity contribution in [1.29, 1.82) is 0 Å². The van der Waals surface area contributed by atoms with E-state index in [1.54, 1.807) is 11.8 Å². The summed E-state index contributed by atoms with van der Waals surface area (Å²) in [6.45, 7) is 10.7. The zero-order valence-electron chi connectivity index (χ0n) is 17.9. The van der Waals surface area contributed by atoms with Gasteiger partial charge in [0.05, 0.1) is 0 Å². The average Bonchev–Trinajstić information content (AvgIpc) is 3.08. The van der Waals surface area contributed by atoms with Crippen molar-refractivity contribution in [2.45, 2.75) is 59.5 Å². The van der Waals surface area contributed by atoms with Crippen LogP contribution in [-0.2, 0) is 9.59 Å². The average molecular weight is 395 g/mol. The number of nitrogens with one attached hydrogen (secondary N) is 1. The van der Waals surface area contributed by atoms with E-state index in [1.807, 2.05) is 38.1 Å². The van der Waals surface area contributed by atoms with Gasteiger partial charge in [0.2, 0.25) is 5.91 Å². The summed E-state index contributed by atoms with van der Waals surface area (Å²) in [6.07, 6.45) is 0.803. The van der Waals surface area contributed by atoms with Crippen LogP contribution in [0.25, 0.3) is 0 Å². The van der Waals surface area contributed by atoms with E-state index in [1.165, 1.54) is 0 Å². The van der Waals surface area contributed by atoms with Crippen LogP contribution in [0, 0.1) is 13.8 Å². The molecule has 2 aromatic rings. The Morgan fingerprint density at radius 1 is 1.10 bits per heavy atom. The van der Waals surface area contributed by atoms with E-state index in [0.29, 0.717) is 18.0 Å². The van der Waals surface area contributed by atoms with Crippen LogP contribution in [0.1, 0.15) is 56.2 Å². The molecule has 3 rings (SSSR count). The third-order valence-corrected chi connectivity index (χ3v) is 5.30. The minimum absolute atomic E-state index is 0.133. The van der Waals surface area contributed by atoms with Crippen molar-refractivity contribution >= 4 is 23.2 Å². The van der Waals surface area contributed by atoms with Crippen LogP contribution in [0.15, 0.2) is 36.4 Å². The second kappa shape index (κ2) is 8.68. The number of aryl methyl sites for hydroxylation is 2. The van der Waals surface area contributed by atoms with E-state index in [2.05, 4.69) is 31.3 Å². The fourth-order valence-corrected chi connectivity index (χ4v) is 3.59. The van der Waals surface area contributed by atoms with Crippen LogP contribution in [0.3, 0.4) is 0 Å². The maximum absolute atomic E-state index is 12.7. The Kier molecular flexibility index (Phi) is 6.26. The molecule has 2 amide bonds. The summed E-state index contributed by atoms with van der Waals surface area (Å²) >= 11 is 0. The van der Waals surface area contributed by atoms with E-state index >= 15 is 0 Å². The fourth-order valence-electron chi connectivity index (χ4n) is 3.59. The molecule has 154 valence electrons. The maximum Gasteiger partial charge on any atom is 0.265 e. The Morgan fingerprint density at radius 2 is 1.86 bits per heavy atom. The molecule has 0 saturated carbocycles. The first-order chi connectivity index (χ1) is 13.8. The molecule has 0 aliphatic carbocycles. The summed E-state index contributed by atoms with van der Waals surface area (Å²) in [5, 5.41) is 2.93. The first kappa shape index (κ1) is 20.9. The van der Waals surface area contributed by atoms with Crippen LogP contribution < -0.4 is 15.0 Å². The lowest BCUT2D eigenvalue weighted by Gasteiger charge is -2.21. The van der Waals surface area contributed by atoms with Crippen molar-refractivity contribution in [3.8, 4) is 5.75 Å². The van der Waals surface area contributed by atoms with Gasteiger partial charge in [-0.1, -0.05) is 32.0 Å². The predicted octanol–water partition coefficient (Wildman–Crippen LogP) is 4.96. The van der Waals surface area contributed by atoms with Gasteiger partial charge in [-0.25, -0.2) is 0 Å². The number of carbonyl (C=O) groups is 2. The van der Waals surface area contributed by atoms with Crippen LogP contribution in [-0.4, -0.2) is 24.5 Å². The molecule has 29 heavy (non-hydrogen) atoms. The molecule has 1 heterocycles. The molecule has 0 spiro atoms. The van der Waals surface area contributed by atoms with Gasteiger partial charge in [0, 0.05) is 24.3 Å². The standard InChI is InChI=1S/C24H30N2O3/c1-15(2)20-11-8-16(3)13-22(20)29-18(5)24(28)25-19-10-9-17(4)21(14-19)26-12-6-7-23(26)27/h8-11,13-15,18H,6-7,12H2,1-5H3,(H,25,28)/t18-/m0/s1. The van der Waals surface area contributed by atoms with Gasteiger partial charge < -0.3 is 15.0 Å². The van der Waals surface area contributed by atoms with Crippen LogP contribution in [0.5, 0.6) is 5.75 Å². The summed E-state index contributed by atoms with van der Waals surface area (Å²) in [5.74, 6) is 0.964. The minimum Gasteiger partial charge on any atom is -0.481 e. The summed E-state index contributed by atoms with van der Waals surface area (Å²) in [5.41, 5.74) is 4.72. The zero-order valence-corrected chi connectivity index (χ0v) is 17.9. The number of ether oxygens (including phenoxy) is 1. The molecule has 2 aromatic carbocycles. The van der Waals surface area contributed by atoms with Gasteiger partial charge in [0.15, 0.2) is 6.10 Å². The third kappa shape index (κ3) is 4.78.